The Morgan fingerprint density at radius 3 is 3.00 bits per heavy atom. The second kappa shape index (κ2) is 5.11. The van der Waals surface area contributed by atoms with Gasteiger partial charge in [0.15, 0.2) is 0 Å². The molecule has 96 valence electrons. The summed E-state index contributed by atoms with van der Waals surface area (Å²) in [5.74, 6) is 0.149. The summed E-state index contributed by atoms with van der Waals surface area (Å²) in [5, 5.41) is 6.57. The lowest BCUT2D eigenvalue weighted by molar-refractivity contribution is -0.116. The molecule has 2 aliphatic heterocycles. The van der Waals surface area contributed by atoms with E-state index >= 15 is 0 Å². The number of anilines is 1. The molecular formula is C15H20N2O. The minimum atomic E-state index is 0.149. The molecule has 3 heteroatoms. The van der Waals surface area contributed by atoms with Crippen molar-refractivity contribution in [3.05, 3.63) is 29.3 Å². The van der Waals surface area contributed by atoms with E-state index < -0.39 is 0 Å². The minimum absolute atomic E-state index is 0.149. The molecule has 1 unspecified atom stereocenters. The molecule has 0 radical (unpaired) electrons. The summed E-state index contributed by atoms with van der Waals surface area (Å²) in [5.41, 5.74) is 3.79. The number of rotatable bonds is 2. The fourth-order valence-electron chi connectivity index (χ4n) is 3.05. The number of nitrogens with one attached hydrogen (secondary N) is 2. The standard InChI is InChI=1S/C15H20N2O/c18-15-8-7-13-11(4-3-6-14(13)17-15)10-12-5-1-2-9-16-12/h3-4,6,12,16H,1-2,5,7-10H2,(H,17,18). The van der Waals surface area contributed by atoms with Gasteiger partial charge in [0, 0.05) is 18.2 Å². The molecule has 0 saturated carbocycles. The molecule has 2 aliphatic rings. The lowest BCUT2D eigenvalue weighted by atomic mass is 9.91. The molecule has 0 aromatic heterocycles. The molecule has 3 nitrogen and oxygen atoms in total. The van der Waals surface area contributed by atoms with Gasteiger partial charge < -0.3 is 10.6 Å². The number of piperidine rings is 1. The number of hydrogen-bond donors (Lipinski definition) is 2. The molecule has 0 bridgehead atoms. The zero-order valence-electron chi connectivity index (χ0n) is 10.7. The van der Waals surface area contributed by atoms with Crippen LogP contribution in [0.3, 0.4) is 0 Å². The highest BCUT2D eigenvalue weighted by molar-refractivity contribution is 5.94. The molecule has 2 N–H and O–H groups in total. The third-order valence-corrected chi connectivity index (χ3v) is 4.03. The van der Waals surface area contributed by atoms with Crippen LogP contribution < -0.4 is 10.6 Å². The Morgan fingerprint density at radius 1 is 1.22 bits per heavy atom. The molecule has 1 amide bonds. The van der Waals surface area contributed by atoms with E-state index in [-0.39, 0.29) is 5.91 Å². The van der Waals surface area contributed by atoms with Crippen LogP contribution in [0.4, 0.5) is 5.69 Å². The monoisotopic (exact) mass is 244 g/mol. The van der Waals surface area contributed by atoms with Gasteiger partial charge in [-0.15, -0.1) is 0 Å². The summed E-state index contributed by atoms with van der Waals surface area (Å²) in [6, 6.07) is 6.90. The minimum Gasteiger partial charge on any atom is -0.326 e. The quantitative estimate of drug-likeness (QED) is 0.838. The third kappa shape index (κ3) is 2.41. The highest BCUT2D eigenvalue weighted by atomic mass is 16.1. The average molecular weight is 244 g/mol. The summed E-state index contributed by atoms with van der Waals surface area (Å²) in [4.78, 5) is 11.4. The number of carbonyl (C=O) groups is 1. The Hall–Kier alpha value is -1.35. The molecule has 1 aromatic carbocycles. The highest BCUT2D eigenvalue weighted by Gasteiger charge is 2.20. The Labute approximate surface area is 108 Å². The number of benzene rings is 1. The fourth-order valence-corrected chi connectivity index (χ4v) is 3.05. The fraction of sp³-hybridized carbons (Fsp3) is 0.533. The van der Waals surface area contributed by atoms with Crippen molar-refractivity contribution < 1.29 is 4.79 Å². The van der Waals surface area contributed by atoms with Gasteiger partial charge in [-0.1, -0.05) is 18.6 Å². The zero-order valence-corrected chi connectivity index (χ0v) is 10.7. The summed E-state index contributed by atoms with van der Waals surface area (Å²) in [6.07, 6.45) is 6.53. The van der Waals surface area contributed by atoms with Crippen LogP contribution in [-0.2, 0) is 17.6 Å². The molecule has 1 saturated heterocycles. The van der Waals surface area contributed by atoms with Crippen LogP contribution in [0.15, 0.2) is 18.2 Å². The number of hydrogen-bond acceptors (Lipinski definition) is 2. The molecule has 0 spiro atoms. The lowest BCUT2D eigenvalue weighted by Gasteiger charge is -2.26. The first kappa shape index (κ1) is 11.7. The first-order valence-electron chi connectivity index (χ1n) is 6.97. The van der Waals surface area contributed by atoms with Crippen LogP contribution in [0, 0.1) is 0 Å². The molecule has 0 aliphatic carbocycles. The van der Waals surface area contributed by atoms with Crippen LogP contribution in [0.5, 0.6) is 0 Å². The maximum Gasteiger partial charge on any atom is 0.224 e. The van der Waals surface area contributed by atoms with Crippen LogP contribution in [0.1, 0.15) is 36.8 Å². The van der Waals surface area contributed by atoms with Gasteiger partial charge in [-0.25, -0.2) is 0 Å². The van der Waals surface area contributed by atoms with E-state index in [0.717, 1.165) is 25.1 Å². The van der Waals surface area contributed by atoms with Crippen molar-refractivity contribution in [2.24, 2.45) is 0 Å². The van der Waals surface area contributed by atoms with Crippen molar-refractivity contribution in [1.29, 1.82) is 0 Å². The van der Waals surface area contributed by atoms with E-state index in [2.05, 4.69) is 22.8 Å². The average Bonchev–Trinajstić information content (AvgIpc) is 2.40. The van der Waals surface area contributed by atoms with Gasteiger partial charge in [-0.05, 0) is 49.4 Å². The maximum absolute atomic E-state index is 11.4. The van der Waals surface area contributed by atoms with Gasteiger partial charge >= 0.3 is 0 Å². The van der Waals surface area contributed by atoms with Crippen molar-refractivity contribution in [2.75, 3.05) is 11.9 Å². The second-order valence-corrected chi connectivity index (χ2v) is 5.34. The smallest absolute Gasteiger partial charge is 0.224 e. The molecular weight excluding hydrogens is 224 g/mol. The maximum atomic E-state index is 11.4. The normalized spacial score (nSPS) is 23.3. The molecule has 2 heterocycles. The van der Waals surface area contributed by atoms with Crippen molar-refractivity contribution >= 4 is 11.6 Å². The Balaban J connectivity index is 1.79. The third-order valence-electron chi connectivity index (χ3n) is 4.03. The second-order valence-electron chi connectivity index (χ2n) is 5.34. The van der Waals surface area contributed by atoms with Gasteiger partial charge in [0.1, 0.15) is 0 Å². The first-order valence-corrected chi connectivity index (χ1v) is 6.97. The highest BCUT2D eigenvalue weighted by Crippen LogP contribution is 2.27. The topological polar surface area (TPSA) is 41.1 Å². The Bertz CT molecular complexity index is 450. The van der Waals surface area contributed by atoms with Crippen LogP contribution >= 0.6 is 0 Å². The van der Waals surface area contributed by atoms with E-state index in [4.69, 9.17) is 0 Å². The van der Waals surface area contributed by atoms with Crippen LogP contribution in [0.25, 0.3) is 0 Å². The molecule has 1 fully saturated rings. The summed E-state index contributed by atoms with van der Waals surface area (Å²) in [7, 11) is 0. The SMILES string of the molecule is O=C1CCc2c(CC3CCCCN3)cccc2N1. The van der Waals surface area contributed by atoms with E-state index in [1.165, 1.54) is 30.4 Å². The summed E-state index contributed by atoms with van der Waals surface area (Å²) in [6.45, 7) is 1.15. The molecule has 18 heavy (non-hydrogen) atoms. The zero-order chi connectivity index (χ0) is 12.4. The van der Waals surface area contributed by atoms with E-state index in [9.17, 15) is 4.79 Å². The van der Waals surface area contributed by atoms with Gasteiger partial charge in [0.2, 0.25) is 5.91 Å². The molecule has 1 atom stereocenters. The van der Waals surface area contributed by atoms with Gasteiger partial charge in [-0.3, -0.25) is 4.79 Å². The molecule has 1 aromatic rings. The van der Waals surface area contributed by atoms with Crippen LogP contribution in [-0.4, -0.2) is 18.5 Å². The van der Waals surface area contributed by atoms with E-state index in [1.54, 1.807) is 0 Å². The molecule has 3 rings (SSSR count). The van der Waals surface area contributed by atoms with Gasteiger partial charge in [0.05, 0.1) is 0 Å². The van der Waals surface area contributed by atoms with E-state index in [1.807, 2.05) is 6.07 Å². The number of carbonyl (C=O) groups excluding carboxylic acids is 1. The lowest BCUT2D eigenvalue weighted by Crippen LogP contribution is -2.36. The Kier molecular flexibility index (Phi) is 3.33. The Morgan fingerprint density at radius 2 is 2.17 bits per heavy atom. The van der Waals surface area contributed by atoms with Crippen molar-refractivity contribution in [2.45, 2.75) is 44.6 Å². The first-order chi connectivity index (χ1) is 8.83. The predicted molar refractivity (Wildman–Crippen MR) is 72.7 cm³/mol. The number of amides is 1. The number of fused-ring (bicyclic) bond motifs is 1. The summed E-state index contributed by atoms with van der Waals surface area (Å²) >= 11 is 0. The van der Waals surface area contributed by atoms with Gasteiger partial charge in [0.25, 0.3) is 0 Å². The van der Waals surface area contributed by atoms with Crippen molar-refractivity contribution in [1.82, 2.24) is 5.32 Å². The summed E-state index contributed by atoms with van der Waals surface area (Å²) < 4.78 is 0. The largest absolute Gasteiger partial charge is 0.326 e. The predicted octanol–water partition coefficient (Wildman–Crippen LogP) is 2.26. The van der Waals surface area contributed by atoms with Crippen LogP contribution in [0.2, 0.25) is 0 Å². The van der Waals surface area contributed by atoms with Gasteiger partial charge in [-0.2, -0.15) is 0 Å². The van der Waals surface area contributed by atoms with Crippen molar-refractivity contribution in [3.63, 3.8) is 0 Å². The van der Waals surface area contributed by atoms with E-state index in [0.29, 0.717) is 12.5 Å². The van der Waals surface area contributed by atoms with Crippen molar-refractivity contribution in [3.8, 4) is 0 Å².